The largest absolute Gasteiger partial charge is 0.385 e. The maximum Gasteiger partial charge on any atom is 0.131 e. The second kappa shape index (κ2) is 7.81. The predicted molar refractivity (Wildman–Crippen MR) is 69.2 cm³/mol. The summed E-state index contributed by atoms with van der Waals surface area (Å²) in [7, 11) is 1.70. The number of nitrogens with zero attached hydrogens (tertiary/aromatic N) is 2. The molecule has 1 aromatic rings. The summed E-state index contributed by atoms with van der Waals surface area (Å²) in [5.74, 6) is 1.59. The lowest BCUT2D eigenvalue weighted by atomic mass is 10.3. The number of hydrogen-bond acceptors (Lipinski definition) is 6. The second-order valence-corrected chi connectivity index (χ2v) is 3.84. The monoisotopic (exact) mass is 239 g/mol. The van der Waals surface area contributed by atoms with E-state index in [-0.39, 0.29) is 6.04 Å². The lowest BCUT2D eigenvalue weighted by molar-refractivity contribution is 0.198. The van der Waals surface area contributed by atoms with Gasteiger partial charge >= 0.3 is 0 Å². The van der Waals surface area contributed by atoms with Gasteiger partial charge in [-0.05, 0) is 13.3 Å². The maximum atomic E-state index is 5.54. The van der Waals surface area contributed by atoms with Gasteiger partial charge in [0.2, 0.25) is 0 Å². The van der Waals surface area contributed by atoms with Crippen LogP contribution in [0.2, 0.25) is 0 Å². The molecule has 0 saturated heterocycles. The van der Waals surface area contributed by atoms with E-state index in [4.69, 9.17) is 10.5 Å². The number of methoxy groups -OCH3 is 1. The van der Waals surface area contributed by atoms with Crippen LogP contribution >= 0.6 is 0 Å². The van der Waals surface area contributed by atoms with Gasteiger partial charge in [-0.25, -0.2) is 9.97 Å². The van der Waals surface area contributed by atoms with E-state index >= 15 is 0 Å². The standard InChI is InChI=1S/C11H21N5O/c1-9(7-12)16-11-6-10(14-8-15-11)13-4-3-5-17-2/h6,8-9H,3-5,7,12H2,1-2H3,(H2,13,14,15,16). The number of nitrogens with one attached hydrogen (secondary N) is 2. The van der Waals surface area contributed by atoms with Gasteiger partial charge in [0.25, 0.3) is 0 Å². The molecule has 0 aromatic carbocycles. The molecule has 1 atom stereocenters. The summed E-state index contributed by atoms with van der Waals surface area (Å²) in [6.07, 6.45) is 2.48. The summed E-state index contributed by atoms with van der Waals surface area (Å²) >= 11 is 0. The van der Waals surface area contributed by atoms with Crippen molar-refractivity contribution < 1.29 is 4.74 Å². The fourth-order valence-electron chi connectivity index (χ4n) is 1.28. The molecule has 96 valence electrons. The van der Waals surface area contributed by atoms with Crippen LogP contribution in [0.5, 0.6) is 0 Å². The molecule has 1 unspecified atom stereocenters. The van der Waals surface area contributed by atoms with Crippen LogP contribution in [0.3, 0.4) is 0 Å². The molecule has 0 amide bonds. The minimum Gasteiger partial charge on any atom is -0.385 e. The van der Waals surface area contributed by atoms with Crippen molar-refractivity contribution in [3.8, 4) is 0 Å². The van der Waals surface area contributed by atoms with Gasteiger partial charge in [0.05, 0.1) is 0 Å². The van der Waals surface area contributed by atoms with E-state index in [1.54, 1.807) is 7.11 Å². The van der Waals surface area contributed by atoms with Crippen LogP contribution in [-0.2, 0) is 4.74 Å². The highest BCUT2D eigenvalue weighted by Crippen LogP contribution is 2.09. The van der Waals surface area contributed by atoms with Crippen LogP contribution in [0.1, 0.15) is 13.3 Å². The first-order valence-electron chi connectivity index (χ1n) is 5.77. The van der Waals surface area contributed by atoms with Crippen molar-refractivity contribution in [2.24, 2.45) is 5.73 Å². The van der Waals surface area contributed by atoms with Gasteiger partial charge < -0.3 is 21.1 Å². The molecular weight excluding hydrogens is 218 g/mol. The summed E-state index contributed by atoms with van der Waals surface area (Å²) in [5, 5.41) is 6.40. The third-order valence-corrected chi connectivity index (χ3v) is 2.25. The first-order chi connectivity index (χ1) is 8.26. The Balaban J connectivity index is 2.42. The molecule has 0 spiro atoms. The summed E-state index contributed by atoms with van der Waals surface area (Å²) in [6, 6.07) is 2.07. The van der Waals surface area contributed by atoms with Crippen molar-refractivity contribution >= 4 is 11.6 Å². The zero-order chi connectivity index (χ0) is 12.5. The lowest BCUT2D eigenvalue weighted by Gasteiger charge is -2.12. The van der Waals surface area contributed by atoms with Gasteiger partial charge in [-0.15, -0.1) is 0 Å². The molecule has 1 heterocycles. The number of nitrogens with two attached hydrogens (primary N) is 1. The SMILES string of the molecule is COCCCNc1cc(NC(C)CN)ncn1. The summed E-state index contributed by atoms with van der Waals surface area (Å²) < 4.78 is 4.97. The molecule has 0 radical (unpaired) electrons. The molecule has 0 fully saturated rings. The third-order valence-electron chi connectivity index (χ3n) is 2.25. The van der Waals surface area contributed by atoms with E-state index in [0.29, 0.717) is 6.54 Å². The van der Waals surface area contributed by atoms with Crippen LogP contribution < -0.4 is 16.4 Å². The van der Waals surface area contributed by atoms with E-state index in [1.807, 2.05) is 13.0 Å². The normalized spacial score (nSPS) is 12.2. The van der Waals surface area contributed by atoms with E-state index in [1.165, 1.54) is 6.33 Å². The molecule has 17 heavy (non-hydrogen) atoms. The molecule has 1 aromatic heterocycles. The molecule has 4 N–H and O–H groups in total. The second-order valence-electron chi connectivity index (χ2n) is 3.84. The smallest absolute Gasteiger partial charge is 0.131 e. The number of hydrogen-bond donors (Lipinski definition) is 3. The summed E-state index contributed by atoms with van der Waals surface area (Å²) in [4.78, 5) is 8.27. The molecule has 0 bridgehead atoms. The molecule has 0 aliphatic heterocycles. The molecule has 1 rings (SSSR count). The Kier molecular flexibility index (Phi) is 6.27. The fourth-order valence-corrected chi connectivity index (χ4v) is 1.28. The zero-order valence-electron chi connectivity index (χ0n) is 10.4. The Hall–Kier alpha value is -1.40. The third kappa shape index (κ3) is 5.46. The highest BCUT2D eigenvalue weighted by Gasteiger charge is 2.01. The van der Waals surface area contributed by atoms with Crippen LogP contribution in [0.4, 0.5) is 11.6 Å². The van der Waals surface area contributed by atoms with Crippen LogP contribution in [0.15, 0.2) is 12.4 Å². The van der Waals surface area contributed by atoms with Gasteiger partial charge in [0.1, 0.15) is 18.0 Å². The highest BCUT2D eigenvalue weighted by atomic mass is 16.5. The average Bonchev–Trinajstić information content (AvgIpc) is 2.35. The zero-order valence-corrected chi connectivity index (χ0v) is 10.4. The van der Waals surface area contributed by atoms with Crippen LogP contribution in [0, 0.1) is 0 Å². The Labute approximate surface area is 102 Å². The van der Waals surface area contributed by atoms with Crippen LogP contribution in [-0.4, -0.2) is 42.8 Å². The first kappa shape index (κ1) is 13.7. The Morgan fingerprint density at radius 3 is 2.88 bits per heavy atom. The van der Waals surface area contributed by atoms with Crippen molar-refractivity contribution in [3.05, 3.63) is 12.4 Å². The van der Waals surface area contributed by atoms with E-state index < -0.39 is 0 Å². The first-order valence-corrected chi connectivity index (χ1v) is 5.77. The summed E-state index contributed by atoms with van der Waals surface area (Å²) in [6.45, 7) is 4.15. The van der Waals surface area contributed by atoms with Crippen molar-refractivity contribution in [2.45, 2.75) is 19.4 Å². The number of anilines is 2. The topological polar surface area (TPSA) is 85.1 Å². The summed E-state index contributed by atoms with van der Waals surface area (Å²) in [5.41, 5.74) is 5.54. The molecule has 0 saturated carbocycles. The minimum atomic E-state index is 0.200. The van der Waals surface area contributed by atoms with Gasteiger partial charge in [-0.3, -0.25) is 0 Å². The lowest BCUT2D eigenvalue weighted by Crippen LogP contribution is -2.25. The van der Waals surface area contributed by atoms with Gasteiger partial charge in [-0.1, -0.05) is 0 Å². The predicted octanol–water partition coefficient (Wildman–Crippen LogP) is 0.684. The Morgan fingerprint density at radius 2 is 2.18 bits per heavy atom. The molecule has 0 aliphatic carbocycles. The molecule has 6 nitrogen and oxygen atoms in total. The number of rotatable bonds is 8. The van der Waals surface area contributed by atoms with Crippen molar-refractivity contribution in [2.75, 3.05) is 37.4 Å². The van der Waals surface area contributed by atoms with Crippen molar-refractivity contribution in [1.82, 2.24) is 9.97 Å². The fraction of sp³-hybridized carbons (Fsp3) is 0.636. The molecule has 6 heteroatoms. The van der Waals surface area contributed by atoms with E-state index in [0.717, 1.165) is 31.2 Å². The van der Waals surface area contributed by atoms with Crippen molar-refractivity contribution in [1.29, 1.82) is 0 Å². The van der Waals surface area contributed by atoms with E-state index in [2.05, 4.69) is 20.6 Å². The average molecular weight is 239 g/mol. The number of aromatic nitrogens is 2. The quantitative estimate of drug-likeness (QED) is 0.579. The molecule has 0 aliphatic rings. The minimum absolute atomic E-state index is 0.200. The Bertz CT molecular complexity index is 320. The Morgan fingerprint density at radius 1 is 1.41 bits per heavy atom. The van der Waals surface area contributed by atoms with Gasteiger partial charge in [-0.2, -0.15) is 0 Å². The number of ether oxygens (including phenoxy) is 1. The van der Waals surface area contributed by atoms with Crippen LogP contribution in [0.25, 0.3) is 0 Å². The maximum absolute atomic E-state index is 5.54. The van der Waals surface area contributed by atoms with Gasteiger partial charge in [0, 0.05) is 38.9 Å². The molecular formula is C11H21N5O. The van der Waals surface area contributed by atoms with Gasteiger partial charge in [0.15, 0.2) is 0 Å². The highest BCUT2D eigenvalue weighted by molar-refractivity contribution is 5.46. The van der Waals surface area contributed by atoms with E-state index in [9.17, 15) is 0 Å². The van der Waals surface area contributed by atoms with Crippen molar-refractivity contribution in [3.63, 3.8) is 0 Å².